The molecule has 46 heavy (non-hydrogen) atoms. The number of esters is 1. The van der Waals surface area contributed by atoms with Crippen LogP contribution in [0.15, 0.2) is 78.9 Å². The Labute approximate surface area is 265 Å². The zero-order valence-electron chi connectivity index (χ0n) is 26.2. The van der Waals surface area contributed by atoms with Gasteiger partial charge in [0.2, 0.25) is 0 Å². The molecule has 1 aliphatic heterocycles. The Kier molecular flexibility index (Phi) is 7.67. The highest BCUT2D eigenvalue weighted by Gasteiger charge is 2.61. The van der Waals surface area contributed by atoms with Crippen molar-refractivity contribution in [3.05, 3.63) is 95.6 Å². The van der Waals surface area contributed by atoms with Gasteiger partial charge in [0.1, 0.15) is 5.60 Å². The molecular weight excluding hydrogens is 595 g/mol. The van der Waals surface area contributed by atoms with Gasteiger partial charge >= 0.3 is 18.2 Å². The number of benzene rings is 4. The molecule has 6 rings (SSSR count). The van der Waals surface area contributed by atoms with Crippen molar-refractivity contribution in [3.8, 4) is 22.3 Å². The summed E-state index contributed by atoms with van der Waals surface area (Å²) in [6.07, 6.45) is -3.66. The molecule has 0 atom stereocenters. The van der Waals surface area contributed by atoms with Crippen LogP contribution in [0.25, 0.3) is 33.0 Å². The smallest absolute Gasteiger partial charge is 0.416 e. The van der Waals surface area contributed by atoms with Crippen LogP contribution in [0.4, 0.5) is 18.0 Å². The predicted octanol–water partition coefficient (Wildman–Crippen LogP) is 8.59. The Hall–Kier alpha value is -4.37. The fourth-order valence-electron chi connectivity index (χ4n) is 6.77. The summed E-state index contributed by atoms with van der Waals surface area (Å²) in [5.74, 6) is -0.475. The summed E-state index contributed by atoms with van der Waals surface area (Å²) in [5, 5.41) is 13.0. The molecule has 1 heterocycles. The summed E-state index contributed by atoms with van der Waals surface area (Å²) in [6, 6.07) is 21.7. The van der Waals surface area contributed by atoms with Gasteiger partial charge in [-0.2, -0.15) is 13.2 Å². The SMILES string of the molecule is CCOC(=O)c1cc(-c2ccc(C3(O)CC4(CN(C(=O)OC(C)(C)C)C4)C3)cc2)c2ccc(-c3ccc(C(F)(F)F)cc3)cc2c1. The molecule has 1 spiro atoms. The number of amides is 1. The summed E-state index contributed by atoms with van der Waals surface area (Å²) in [4.78, 5) is 26.9. The Balaban J connectivity index is 1.25. The van der Waals surface area contributed by atoms with Crippen LogP contribution in [-0.4, -0.2) is 47.4 Å². The second-order valence-electron chi connectivity index (χ2n) is 13.6. The summed E-state index contributed by atoms with van der Waals surface area (Å²) in [7, 11) is 0. The predicted molar refractivity (Wildman–Crippen MR) is 169 cm³/mol. The first-order chi connectivity index (χ1) is 21.6. The van der Waals surface area contributed by atoms with Gasteiger partial charge in [-0.15, -0.1) is 0 Å². The third-order valence-electron chi connectivity index (χ3n) is 8.78. The summed E-state index contributed by atoms with van der Waals surface area (Å²) in [5.41, 5.74) is 1.71. The fraction of sp³-hybridized carbons (Fsp3) is 0.351. The topological polar surface area (TPSA) is 76.1 Å². The lowest BCUT2D eigenvalue weighted by Gasteiger charge is -2.62. The zero-order chi connectivity index (χ0) is 33.1. The van der Waals surface area contributed by atoms with Crippen LogP contribution in [0.2, 0.25) is 0 Å². The lowest BCUT2D eigenvalue weighted by Crippen LogP contribution is -2.68. The van der Waals surface area contributed by atoms with E-state index in [0.717, 1.165) is 39.6 Å². The highest BCUT2D eigenvalue weighted by molar-refractivity contribution is 6.04. The van der Waals surface area contributed by atoms with Gasteiger partial charge in [0.05, 0.1) is 23.3 Å². The number of fused-ring (bicyclic) bond motifs is 1. The van der Waals surface area contributed by atoms with Crippen LogP contribution in [0.1, 0.15) is 62.0 Å². The molecule has 1 saturated heterocycles. The van der Waals surface area contributed by atoms with Gasteiger partial charge < -0.3 is 19.5 Å². The van der Waals surface area contributed by atoms with Crippen molar-refractivity contribution in [1.29, 1.82) is 0 Å². The zero-order valence-corrected chi connectivity index (χ0v) is 26.2. The Morgan fingerprint density at radius 2 is 1.46 bits per heavy atom. The van der Waals surface area contributed by atoms with Crippen molar-refractivity contribution in [2.45, 2.75) is 57.9 Å². The number of alkyl halides is 3. The normalized spacial score (nSPS) is 16.9. The third kappa shape index (κ3) is 6.08. The molecule has 4 aromatic rings. The third-order valence-corrected chi connectivity index (χ3v) is 8.78. The van der Waals surface area contributed by atoms with E-state index in [9.17, 15) is 27.9 Å². The molecule has 0 radical (unpaired) electrons. The highest BCUT2D eigenvalue weighted by atomic mass is 19.4. The summed E-state index contributed by atoms with van der Waals surface area (Å²) in [6.45, 7) is 8.57. The molecule has 2 fully saturated rings. The van der Waals surface area contributed by atoms with Crippen LogP contribution >= 0.6 is 0 Å². The number of likely N-dealkylation sites (tertiary alicyclic amines) is 1. The standard InChI is InChI=1S/C37H36F3NO5/c1-5-45-32(42)27-17-26-16-25(23-6-13-29(14-7-23)37(38,39)40)10-15-30(26)31(18-27)24-8-11-28(12-9-24)36(44)19-35(20-36)21-41(22-35)33(43)46-34(2,3)4/h6-18,44H,5,19-22H2,1-4H3. The fourth-order valence-corrected chi connectivity index (χ4v) is 6.77. The Morgan fingerprint density at radius 3 is 2.04 bits per heavy atom. The first kappa shape index (κ1) is 31.6. The van der Waals surface area contributed by atoms with Gasteiger partial charge in [-0.1, -0.05) is 48.5 Å². The van der Waals surface area contributed by atoms with E-state index in [4.69, 9.17) is 9.47 Å². The lowest BCUT2D eigenvalue weighted by molar-refractivity contribution is -0.190. The van der Waals surface area contributed by atoms with E-state index in [1.807, 2.05) is 63.2 Å². The van der Waals surface area contributed by atoms with Crippen LogP contribution in [0.3, 0.4) is 0 Å². The maximum atomic E-state index is 13.1. The average molecular weight is 632 g/mol. The molecule has 0 unspecified atom stereocenters. The molecule has 1 aliphatic carbocycles. The number of nitrogens with zero attached hydrogens (tertiary/aromatic N) is 1. The summed E-state index contributed by atoms with van der Waals surface area (Å²) < 4.78 is 50.0. The molecular formula is C37H36F3NO5. The molecule has 1 N–H and O–H groups in total. The number of carbonyl (C=O) groups is 2. The molecule has 6 nitrogen and oxygen atoms in total. The maximum Gasteiger partial charge on any atom is 0.416 e. The largest absolute Gasteiger partial charge is 0.462 e. The quantitative estimate of drug-likeness (QED) is 0.223. The van der Waals surface area contributed by atoms with E-state index in [-0.39, 0.29) is 18.1 Å². The van der Waals surface area contributed by atoms with Crippen LogP contribution in [0.5, 0.6) is 0 Å². The van der Waals surface area contributed by atoms with E-state index in [0.29, 0.717) is 42.6 Å². The molecule has 2 aliphatic rings. The summed E-state index contributed by atoms with van der Waals surface area (Å²) >= 11 is 0. The number of hydrogen-bond acceptors (Lipinski definition) is 5. The second-order valence-corrected chi connectivity index (χ2v) is 13.6. The molecule has 240 valence electrons. The van der Waals surface area contributed by atoms with Crippen molar-refractivity contribution in [3.63, 3.8) is 0 Å². The van der Waals surface area contributed by atoms with Gasteiger partial charge in [-0.05, 0) is 109 Å². The van der Waals surface area contributed by atoms with Crippen LogP contribution in [0, 0.1) is 5.41 Å². The van der Waals surface area contributed by atoms with Crippen LogP contribution in [-0.2, 0) is 21.3 Å². The van der Waals surface area contributed by atoms with E-state index in [1.54, 1.807) is 24.0 Å². The average Bonchev–Trinajstić information content (AvgIpc) is 2.96. The Morgan fingerprint density at radius 1 is 0.848 bits per heavy atom. The van der Waals surface area contributed by atoms with Gasteiger partial charge in [-0.3, -0.25) is 0 Å². The van der Waals surface area contributed by atoms with E-state index in [1.165, 1.54) is 12.1 Å². The molecule has 0 bridgehead atoms. The first-order valence-electron chi connectivity index (χ1n) is 15.3. The van der Waals surface area contributed by atoms with Gasteiger partial charge in [0.25, 0.3) is 0 Å². The van der Waals surface area contributed by atoms with Gasteiger partial charge in [0, 0.05) is 18.5 Å². The van der Waals surface area contributed by atoms with Crippen molar-refractivity contribution >= 4 is 22.8 Å². The second kappa shape index (κ2) is 11.2. The van der Waals surface area contributed by atoms with E-state index in [2.05, 4.69) is 0 Å². The molecule has 0 aromatic heterocycles. The van der Waals surface area contributed by atoms with Crippen molar-refractivity contribution < 1.29 is 37.3 Å². The van der Waals surface area contributed by atoms with Crippen molar-refractivity contribution in [2.75, 3.05) is 19.7 Å². The van der Waals surface area contributed by atoms with Gasteiger partial charge in [-0.25, -0.2) is 9.59 Å². The minimum Gasteiger partial charge on any atom is -0.462 e. The minimum absolute atomic E-state index is 0.112. The molecule has 1 amide bonds. The number of rotatable bonds is 5. The van der Waals surface area contributed by atoms with Crippen molar-refractivity contribution in [1.82, 2.24) is 4.90 Å². The number of aliphatic hydroxyl groups is 1. The number of hydrogen-bond donors (Lipinski definition) is 1. The van der Waals surface area contributed by atoms with Crippen LogP contribution < -0.4 is 0 Å². The minimum atomic E-state index is -4.42. The Bertz CT molecular complexity index is 1790. The number of carbonyl (C=O) groups excluding carboxylic acids is 2. The molecule has 9 heteroatoms. The van der Waals surface area contributed by atoms with E-state index >= 15 is 0 Å². The lowest BCUT2D eigenvalue weighted by atomic mass is 9.53. The maximum absolute atomic E-state index is 13.1. The first-order valence-corrected chi connectivity index (χ1v) is 15.3. The van der Waals surface area contributed by atoms with Gasteiger partial charge in [0.15, 0.2) is 0 Å². The van der Waals surface area contributed by atoms with Crippen molar-refractivity contribution in [2.24, 2.45) is 5.41 Å². The number of ether oxygens (including phenoxy) is 2. The molecule has 4 aromatic carbocycles. The molecule has 1 saturated carbocycles. The highest BCUT2D eigenvalue weighted by Crippen LogP contribution is 2.58. The van der Waals surface area contributed by atoms with E-state index < -0.39 is 28.9 Å². The number of halogens is 3. The monoisotopic (exact) mass is 631 g/mol.